The van der Waals surface area contributed by atoms with Gasteiger partial charge in [0.1, 0.15) is 5.84 Å². The van der Waals surface area contributed by atoms with E-state index in [1.54, 1.807) is 0 Å². The van der Waals surface area contributed by atoms with Crippen molar-refractivity contribution in [3.8, 4) is 12.5 Å². The average molecular weight is 350 g/mol. The van der Waals surface area contributed by atoms with Crippen molar-refractivity contribution >= 4 is 17.8 Å². The van der Waals surface area contributed by atoms with Crippen LogP contribution in [0.1, 0.15) is 32.4 Å². The number of hydrogen-bond donors (Lipinski definition) is 1. The van der Waals surface area contributed by atoms with Gasteiger partial charge >= 0.3 is 6.03 Å². The molecule has 0 radical (unpaired) electrons. The quantitative estimate of drug-likeness (QED) is 0.848. The first kappa shape index (κ1) is 17.7. The van der Waals surface area contributed by atoms with E-state index >= 15 is 0 Å². The Labute approximate surface area is 153 Å². The Morgan fingerprint density at radius 2 is 2.00 bits per heavy atom. The second-order valence-electron chi connectivity index (χ2n) is 6.80. The first-order valence-corrected chi connectivity index (χ1v) is 8.65. The Balaban J connectivity index is 1.88. The van der Waals surface area contributed by atoms with Crippen LogP contribution in [-0.2, 0) is 4.79 Å². The summed E-state index contributed by atoms with van der Waals surface area (Å²) in [5, 5.41) is 2.96. The van der Waals surface area contributed by atoms with E-state index in [9.17, 15) is 9.59 Å². The number of carbonyl (C=O) groups excluding carboxylic acids is 2. The third-order valence-electron chi connectivity index (χ3n) is 4.65. The maximum Gasteiger partial charge on any atom is 0.341 e. The first-order valence-electron chi connectivity index (χ1n) is 8.65. The summed E-state index contributed by atoms with van der Waals surface area (Å²) in [6.45, 7) is 6.42. The van der Waals surface area contributed by atoms with Gasteiger partial charge in [-0.25, -0.2) is 9.69 Å². The van der Waals surface area contributed by atoms with Crippen LogP contribution in [0, 0.1) is 18.4 Å². The zero-order valence-electron chi connectivity index (χ0n) is 15.1. The number of rotatable bonds is 4. The summed E-state index contributed by atoms with van der Waals surface area (Å²) < 4.78 is 0. The standard InChI is InChI=1S/C20H22N4O2/c1-5-23-11-16(18-22-17(13(2)3)12-24(18)20(23)26)19(25)21-14(4)15-9-7-6-8-10-15/h1,6-11,13-14,17H,12H2,2-4H3,(H,21,25)/t14?,17-/m1/s1. The van der Waals surface area contributed by atoms with Gasteiger partial charge in [0.05, 0.1) is 24.2 Å². The second kappa shape index (κ2) is 7.04. The lowest BCUT2D eigenvalue weighted by Gasteiger charge is -2.29. The van der Waals surface area contributed by atoms with Gasteiger partial charge in [-0.2, -0.15) is 0 Å². The van der Waals surface area contributed by atoms with E-state index in [0.717, 1.165) is 10.5 Å². The van der Waals surface area contributed by atoms with E-state index < -0.39 is 0 Å². The molecule has 2 aliphatic rings. The number of benzene rings is 1. The van der Waals surface area contributed by atoms with Crippen LogP contribution < -0.4 is 5.32 Å². The van der Waals surface area contributed by atoms with E-state index in [-0.39, 0.29) is 29.9 Å². The number of terminal acetylenes is 1. The minimum Gasteiger partial charge on any atom is -0.345 e. The minimum atomic E-state index is -0.345. The van der Waals surface area contributed by atoms with Crippen molar-refractivity contribution in [2.45, 2.75) is 32.9 Å². The molecule has 0 fully saturated rings. The van der Waals surface area contributed by atoms with Crippen LogP contribution in [0.3, 0.4) is 0 Å². The summed E-state index contributed by atoms with van der Waals surface area (Å²) in [5.41, 5.74) is 1.31. The van der Waals surface area contributed by atoms with E-state index in [4.69, 9.17) is 6.42 Å². The van der Waals surface area contributed by atoms with Crippen molar-refractivity contribution < 1.29 is 9.59 Å². The van der Waals surface area contributed by atoms with Gasteiger partial charge in [0.15, 0.2) is 0 Å². The molecule has 1 aromatic rings. The zero-order valence-corrected chi connectivity index (χ0v) is 15.1. The van der Waals surface area contributed by atoms with Gasteiger partial charge in [-0.1, -0.05) is 50.6 Å². The second-order valence-corrected chi connectivity index (χ2v) is 6.80. The molecular weight excluding hydrogens is 328 g/mol. The van der Waals surface area contributed by atoms with Crippen molar-refractivity contribution in [2.24, 2.45) is 10.9 Å². The lowest BCUT2D eigenvalue weighted by Crippen LogP contribution is -2.49. The van der Waals surface area contributed by atoms with Crippen LogP contribution in [0.25, 0.3) is 0 Å². The Kier molecular flexibility index (Phi) is 4.81. The maximum atomic E-state index is 12.9. The molecule has 1 unspecified atom stereocenters. The molecule has 0 aliphatic carbocycles. The van der Waals surface area contributed by atoms with Crippen LogP contribution in [0.5, 0.6) is 0 Å². The number of nitrogens with zero attached hydrogens (tertiary/aromatic N) is 3. The highest BCUT2D eigenvalue weighted by Gasteiger charge is 2.40. The molecule has 0 aromatic heterocycles. The third-order valence-corrected chi connectivity index (χ3v) is 4.65. The summed E-state index contributed by atoms with van der Waals surface area (Å²) >= 11 is 0. The van der Waals surface area contributed by atoms with Crippen LogP contribution in [0.15, 0.2) is 47.1 Å². The predicted molar refractivity (Wildman–Crippen MR) is 99.9 cm³/mol. The minimum absolute atomic E-state index is 0.0468. The smallest absolute Gasteiger partial charge is 0.341 e. The van der Waals surface area contributed by atoms with Gasteiger partial charge in [-0.3, -0.25) is 14.7 Å². The number of amidine groups is 1. The van der Waals surface area contributed by atoms with E-state index in [0.29, 0.717) is 18.0 Å². The van der Waals surface area contributed by atoms with Gasteiger partial charge in [0.2, 0.25) is 0 Å². The Morgan fingerprint density at radius 1 is 1.31 bits per heavy atom. The number of amides is 3. The van der Waals surface area contributed by atoms with Gasteiger partial charge in [0, 0.05) is 12.2 Å². The lowest BCUT2D eigenvalue weighted by atomic mass is 10.1. The molecular formula is C20H22N4O2. The molecule has 0 saturated carbocycles. The largest absolute Gasteiger partial charge is 0.345 e. The molecule has 26 heavy (non-hydrogen) atoms. The molecule has 1 aromatic carbocycles. The van der Waals surface area contributed by atoms with Crippen molar-refractivity contribution in [1.82, 2.24) is 15.1 Å². The normalized spacial score (nSPS) is 20.3. The van der Waals surface area contributed by atoms with Crippen molar-refractivity contribution in [3.63, 3.8) is 0 Å². The van der Waals surface area contributed by atoms with E-state index in [1.165, 1.54) is 11.1 Å². The number of aliphatic imine (C=N–C) groups is 1. The number of nitrogens with one attached hydrogen (secondary N) is 1. The molecule has 0 saturated heterocycles. The Morgan fingerprint density at radius 3 is 2.62 bits per heavy atom. The Bertz CT molecular complexity index is 820. The molecule has 0 spiro atoms. The molecule has 3 rings (SSSR count). The van der Waals surface area contributed by atoms with E-state index in [1.807, 2.05) is 51.1 Å². The molecule has 2 atom stereocenters. The summed E-state index contributed by atoms with van der Waals surface area (Å²) in [4.78, 5) is 32.5. The highest BCUT2D eigenvalue weighted by molar-refractivity contribution is 6.26. The molecule has 3 amide bonds. The van der Waals surface area contributed by atoms with Crippen LogP contribution in [0.2, 0.25) is 0 Å². The highest BCUT2D eigenvalue weighted by atomic mass is 16.2. The highest BCUT2D eigenvalue weighted by Crippen LogP contribution is 2.26. The third kappa shape index (κ3) is 3.21. The number of fused-ring (bicyclic) bond motifs is 1. The molecule has 6 heteroatoms. The molecule has 2 heterocycles. The average Bonchev–Trinajstić information content (AvgIpc) is 3.09. The maximum absolute atomic E-state index is 12.9. The van der Waals surface area contributed by atoms with Gasteiger partial charge in [-0.05, 0) is 18.4 Å². The van der Waals surface area contributed by atoms with Gasteiger partial charge in [0.25, 0.3) is 5.91 Å². The molecule has 2 aliphatic heterocycles. The number of hydrogen-bond acceptors (Lipinski definition) is 3. The first-order chi connectivity index (χ1) is 12.4. The predicted octanol–water partition coefficient (Wildman–Crippen LogP) is 2.51. The fourth-order valence-electron chi connectivity index (χ4n) is 3.01. The van der Waals surface area contributed by atoms with Crippen LogP contribution in [-0.4, -0.2) is 40.2 Å². The zero-order chi connectivity index (χ0) is 18.8. The molecule has 0 bridgehead atoms. The van der Waals surface area contributed by atoms with Crippen LogP contribution in [0.4, 0.5) is 4.79 Å². The number of urea groups is 1. The summed E-state index contributed by atoms with van der Waals surface area (Å²) in [6.07, 6.45) is 6.83. The van der Waals surface area contributed by atoms with Crippen molar-refractivity contribution in [2.75, 3.05) is 6.54 Å². The fourth-order valence-corrected chi connectivity index (χ4v) is 3.01. The molecule has 134 valence electrons. The molecule has 1 N–H and O–H groups in total. The number of carbonyl (C=O) groups is 2. The van der Waals surface area contributed by atoms with Crippen molar-refractivity contribution in [1.29, 1.82) is 0 Å². The van der Waals surface area contributed by atoms with Crippen LogP contribution >= 0.6 is 0 Å². The topological polar surface area (TPSA) is 65.0 Å². The van der Waals surface area contributed by atoms with E-state index in [2.05, 4.69) is 16.4 Å². The van der Waals surface area contributed by atoms with Gasteiger partial charge in [-0.15, -0.1) is 0 Å². The van der Waals surface area contributed by atoms with Crippen molar-refractivity contribution in [3.05, 3.63) is 47.7 Å². The SMILES string of the molecule is C#CN1C=C(C(=O)NC(C)c2ccccc2)C2=N[C@@H](C(C)C)CN2C1=O. The summed E-state index contributed by atoms with van der Waals surface area (Å²) in [7, 11) is 0. The molecule has 6 nitrogen and oxygen atoms in total. The monoisotopic (exact) mass is 350 g/mol. The Hall–Kier alpha value is -3.07. The summed E-state index contributed by atoms with van der Waals surface area (Å²) in [6, 6.07) is 11.4. The summed E-state index contributed by atoms with van der Waals surface area (Å²) in [5.74, 6) is 0.355. The van der Waals surface area contributed by atoms with Gasteiger partial charge < -0.3 is 5.32 Å². The fraction of sp³-hybridized carbons (Fsp3) is 0.350. The lowest BCUT2D eigenvalue weighted by molar-refractivity contribution is -0.117.